The van der Waals surface area contributed by atoms with E-state index in [4.69, 9.17) is 4.52 Å². The molecule has 0 fully saturated rings. The number of nitrogens with zero attached hydrogens (tertiary/aromatic N) is 2. The van der Waals surface area contributed by atoms with Gasteiger partial charge in [-0.05, 0) is 19.1 Å². The fourth-order valence-electron chi connectivity index (χ4n) is 1.95. The van der Waals surface area contributed by atoms with Crippen molar-refractivity contribution in [2.24, 2.45) is 0 Å². The van der Waals surface area contributed by atoms with Gasteiger partial charge in [-0.15, -0.1) is 11.3 Å². The van der Waals surface area contributed by atoms with Crippen LogP contribution in [0.25, 0.3) is 11.3 Å². The van der Waals surface area contributed by atoms with Crippen molar-refractivity contribution < 1.29 is 22.5 Å². The van der Waals surface area contributed by atoms with Gasteiger partial charge in [0.05, 0.1) is 17.0 Å². The van der Waals surface area contributed by atoms with Crippen LogP contribution in [0.4, 0.5) is 18.3 Å². The first-order chi connectivity index (χ1) is 11.3. The minimum atomic E-state index is -4.42. The Kier molecular flexibility index (Phi) is 4.10. The van der Waals surface area contributed by atoms with Gasteiger partial charge >= 0.3 is 6.18 Å². The molecule has 0 atom stereocenters. The van der Waals surface area contributed by atoms with Gasteiger partial charge in [0.15, 0.2) is 5.13 Å². The summed E-state index contributed by atoms with van der Waals surface area (Å²) in [5.74, 6) is -0.496. The molecule has 0 radical (unpaired) electrons. The van der Waals surface area contributed by atoms with Gasteiger partial charge in [0, 0.05) is 17.0 Å². The van der Waals surface area contributed by atoms with E-state index in [1.807, 2.05) is 0 Å². The molecular weight excluding hydrogens is 343 g/mol. The van der Waals surface area contributed by atoms with Crippen molar-refractivity contribution in [3.05, 3.63) is 52.7 Å². The van der Waals surface area contributed by atoms with E-state index in [9.17, 15) is 18.0 Å². The average Bonchev–Trinajstić information content (AvgIpc) is 3.16. The maximum Gasteiger partial charge on any atom is 0.416 e. The number of carbonyl (C=O) groups is 1. The van der Waals surface area contributed by atoms with E-state index < -0.39 is 17.6 Å². The first-order valence-corrected chi connectivity index (χ1v) is 7.59. The van der Waals surface area contributed by atoms with E-state index in [2.05, 4.69) is 15.5 Å². The standard InChI is InChI=1S/C15H10F3N3O2S/c1-8-5-12(23-21-8)13(22)20-14-19-11(7-24-14)9-3-2-4-10(6-9)15(16,17)18/h2-7H,1H3,(H,19,20,22). The molecule has 9 heteroatoms. The average molecular weight is 353 g/mol. The highest BCUT2D eigenvalue weighted by molar-refractivity contribution is 7.14. The van der Waals surface area contributed by atoms with Gasteiger partial charge in [-0.25, -0.2) is 4.98 Å². The smallest absolute Gasteiger partial charge is 0.351 e. The molecule has 0 aliphatic rings. The molecule has 0 aliphatic carbocycles. The number of carbonyl (C=O) groups excluding carboxylic acids is 1. The number of aryl methyl sites for hydroxylation is 1. The number of benzene rings is 1. The number of anilines is 1. The highest BCUT2D eigenvalue weighted by atomic mass is 32.1. The summed E-state index contributed by atoms with van der Waals surface area (Å²) in [5, 5.41) is 7.94. The highest BCUT2D eigenvalue weighted by Gasteiger charge is 2.30. The van der Waals surface area contributed by atoms with Crippen molar-refractivity contribution in [3.8, 4) is 11.3 Å². The predicted octanol–water partition coefficient (Wildman–Crippen LogP) is 4.38. The van der Waals surface area contributed by atoms with Gasteiger partial charge in [0.1, 0.15) is 0 Å². The van der Waals surface area contributed by atoms with Crippen LogP contribution in [0, 0.1) is 6.92 Å². The molecule has 3 aromatic rings. The monoisotopic (exact) mass is 353 g/mol. The summed E-state index contributed by atoms with van der Waals surface area (Å²) in [6.07, 6.45) is -4.42. The number of hydrogen-bond acceptors (Lipinski definition) is 5. The van der Waals surface area contributed by atoms with Gasteiger partial charge in [0.25, 0.3) is 5.91 Å². The molecule has 5 nitrogen and oxygen atoms in total. The summed E-state index contributed by atoms with van der Waals surface area (Å²) in [6.45, 7) is 1.68. The molecule has 0 bridgehead atoms. The van der Waals surface area contributed by atoms with Crippen molar-refractivity contribution in [2.45, 2.75) is 13.1 Å². The lowest BCUT2D eigenvalue weighted by atomic mass is 10.1. The van der Waals surface area contributed by atoms with Gasteiger partial charge in [0.2, 0.25) is 5.76 Å². The molecular formula is C15H10F3N3O2S. The van der Waals surface area contributed by atoms with Crippen LogP contribution in [-0.4, -0.2) is 16.0 Å². The quantitative estimate of drug-likeness (QED) is 0.759. The normalized spacial score (nSPS) is 11.5. The minimum absolute atomic E-state index is 0.0309. The molecule has 3 rings (SSSR count). The van der Waals surface area contributed by atoms with Crippen LogP contribution in [0.15, 0.2) is 40.2 Å². The van der Waals surface area contributed by atoms with Crippen LogP contribution in [0.1, 0.15) is 21.8 Å². The van der Waals surface area contributed by atoms with Crippen LogP contribution in [0.3, 0.4) is 0 Å². The Morgan fingerprint density at radius 2 is 2.08 bits per heavy atom. The SMILES string of the molecule is Cc1cc(C(=O)Nc2nc(-c3cccc(C(F)(F)F)c3)cs2)on1. The third-order valence-corrected chi connectivity index (χ3v) is 3.82. The molecule has 0 aliphatic heterocycles. The fourth-order valence-corrected chi connectivity index (χ4v) is 2.66. The Morgan fingerprint density at radius 3 is 2.75 bits per heavy atom. The van der Waals surface area contributed by atoms with E-state index in [1.165, 1.54) is 18.2 Å². The van der Waals surface area contributed by atoms with Crippen LogP contribution in [-0.2, 0) is 6.18 Å². The summed E-state index contributed by atoms with van der Waals surface area (Å²) in [6, 6.07) is 6.31. The van der Waals surface area contributed by atoms with Crippen molar-refractivity contribution in [1.82, 2.24) is 10.1 Å². The van der Waals surface area contributed by atoms with Crippen LogP contribution >= 0.6 is 11.3 Å². The van der Waals surface area contributed by atoms with E-state index in [0.29, 0.717) is 17.0 Å². The first kappa shape index (κ1) is 16.2. The summed E-state index contributed by atoms with van der Waals surface area (Å²) in [7, 11) is 0. The van der Waals surface area contributed by atoms with Crippen LogP contribution in [0.2, 0.25) is 0 Å². The number of halogens is 3. The van der Waals surface area contributed by atoms with E-state index in [0.717, 1.165) is 23.5 Å². The summed E-state index contributed by atoms with van der Waals surface area (Å²) in [5.41, 5.74) is 0.465. The maximum atomic E-state index is 12.8. The van der Waals surface area contributed by atoms with Crippen molar-refractivity contribution in [2.75, 3.05) is 5.32 Å². The number of rotatable bonds is 3. The Hall–Kier alpha value is -2.68. The van der Waals surface area contributed by atoms with E-state index >= 15 is 0 Å². The Morgan fingerprint density at radius 1 is 1.29 bits per heavy atom. The molecule has 2 heterocycles. The Balaban J connectivity index is 1.80. The van der Waals surface area contributed by atoms with Crippen LogP contribution < -0.4 is 5.32 Å². The molecule has 0 unspecified atom stereocenters. The van der Waals surface area contributed by atoms with Crippen molar-refractivity contribution >= 4 is 22.4 Å². The van der Waals surface area contributed by atoms with Gasteiger partial charge in [-0.3, -0.25) is 10.1 Å². The fraction of sp³-hybridized carbons (Fsp3) is 0.133. The van der Waals surface area contributed by atoms with Crippen molar-refractivity contribution in [3.63, 3.8) is 0 Å². The zero-order valence-corrected chi connectivity index (χ0v) is 13.0. The largest absolute Gasteiger partial charge is 0.416 e. The maximum absolute atomic E-state index is 12.8. The van der Waals surface area contributed by atoms with Crippen LogP contribution in [0.5, 0.6) is 0 Å². The molecule has 0 saturated heterocycles. The first-order valence-electron chi connectivity index (χ1n) is 6.71. The minimum Gasteiger partial charge on any atom is -0.351 e. The Bertz CT molecular complexity index is 886. The van der Waals surface area contributed by atoms with E-state index in [-0.39, 0.29) is 10.9 Å². The molecule has 0 spiro atoms. The highest BCUT2D eigenvalue weighted by Crippen LogP contribution is 2.33. The number of aromatic nitrogens is 2. The number of thiazole rings is 1. The lowest BCUT2D eigenvalue weighted by Gasteiger charge is -2.07. The molecule has 124 valence electrons. The Labute approximate surface area is 138 Å². The zero-order chi connectivity index (χ0) is 17.3. The molecule has 0 saturated carbocycles. The molecule has 2 aromatic heterocycles. The number of hydrogen-bond donors (Lipinski definition) is 1. The predicted molar refractivity (Wildman–Crippen MR) is 81.7 cm³/mol. The summed E-state index contributed by atoms with van der Waals surface area (Å²) < 4.78 is 43.1. The second-order valence-electron chi connectivity index (χ2n) is 4.90. The molecule has 1 amide bonds. The zero-order valence-electron chi connectivity index (χ0n) is 12.2. The summed E-state index contributed by atoms with van der Waals surface area (Å²) >= 11 is 1.10. The third kappa shape index (κ3) is 3.46. The topological polar surface area (TPSA) is 68.0 Å². The number of nitrogens with one attached hydrogen (secondary N) is 1. The number of alkyl halides is 3. The van der Waals surface area contributed by atoms with Gasteiger partial charge in [-0.1, -0.05) is 17.3 Å². The van der Waals surface area contributed by atoms with Gasteiger partial charge in [-0.2, -0.15) is 13.2 Å². The lowest BCUT2D eigenvalue weighted by Crippen LogP contribution is -2.10. The third-order valence-electron chi connectivity index (χ3n) is 3.06. The molecule has 1 aromatic carbocycles. The molecule has 24 heavy (non-hydrogen) atoms. The summed E-state index contributed by atoms with van der Waals surface area (Å²) in [4.78, 5) is 16.1. The van der Waals surface area contributed by atoms with E-state index in [1.54, 1.807) is 12.3 Å². The second kappa shape index (κ2) is 6.08. The molecule has 1 N–H and O–H groups in total. The van der Waals surface area contributed by atoms with Gasteiger partial charge < -0.3 is 4.52 Å². The number of amides is 1. The second-order valence-corrected chi connectivity index (χ2v) is 5.76. The van der Waals surface area contributed by atoms with Crippen molar-refractivity contribution in [1.29, 1.82) is 0 Å². The lowest BCUT2D eigenvalue weighted by molar-refractivity contribution is -0.137.